The van der Waals surface area contributed by atoms with E-state index in [2.05, 4.69) is 6.92 Å². The summed E-state index contributed by atoms with van der Waals surface area (Å²) >= 11 is 0. The maximum Gasteiger partial charge on any atom is 0.146 e. The first-order chi connectivity index (χ1) is 8.36. The molecule has 0 spiro atoms. The SMILES string of the molecule is CCCCCCCC(C=O)=Cc1ccccc1. The van der Waals surface area contributed by atoms with E-state index in [-0.39, 0.29) is 0 Å². The zero-order valence-corrected chi connectivity index (χ0v) is 10.7. The summed E-state index contributed by atoms with van der Waals surface area (Å²) in [7, 11) is 0. The standard InChI is InChI=1S/C16H22O/c1-2-3-4-5-7-12-16(14-17)13-15-10-8-6-9-11-15/h6,8-11,13-14H,2-5,7,12H2,1H3. The van der Waals surface area contributed by atoms with E-state index in [1.165, 1.54) is 25.7 Å². The highest BCUT2D eigenvalue weighted by Gasteiger charge is 1.97. The van der Waals surface area contributed by atoms with Crippen LogP contribution < -0.4 is 0 Å². The Balaban J connectivity index is 2.38. The Morgan fingerprint density at radius 1 is 1.06 bits per heavy atom. The van der Waals surface area contributed by atoms with Gasteiger partial charge in [-0.3, -0.25) is 4.79 Å². The van der Waals surface area contributed by atoms with Crippen LogP contribution in [0.1, 0.15) is 51.0 Å². The van der Waals surface area contributed by atoms with Crippen LogP contribution in [0.2, 0.25) is 0 Å². The van der Waals surface area contributed by atoms with E-state index >= 15 is 0 Å². The summed E-state index contributed by atoms with van der Waals surface area (Å²) in [6.45, 7) is 2.21. The molecule has 92 valence electrons. The van der Waals surface area contributed by atoms with Crippen LogP contribution in [-0.4, -0.2) is 6.29 Å². The normalized spacial score (nSPS) is 11.5. The lowest BCUT2D eigenvalue weighted by Crippen LogP contribution is -1.87. The summed E-state index contributed by atoms with van der Waals surface area (Å²) in [5, 5.41) is 0. The van der Waals surface area contributed by atoms with Crippen molar-refractivity contribution >= 4 is 12.4 Å². The highest BCUT2D eigenvalue weighted by atomic mass is 16.1. The molecule has 1 heteroatoms. The number of carbonyl (C=O) groups excluding carboxylic acids is 1. The van der Waals surface area contributed by atoms with Crippen molar-refractivity contribution < 1.29 is 4.79 Å². The molecule has 1 aromatic rings. The third-order valence-electron chi connectivity index (χ3n) is 2.87. The predicted molar refractivity (Wildman–Crippen MR) is 73.9 cm³/mol. The summed E-state index contributed by atoms with van der Waals surface area (Å²) in [6, 6.07) is 10.0. The topological polar surface area (TPSA) is 17.1 Å². The van der Waals surface area contributed by atoms with E-state index in [1.807, 2.05) is 36.4 Å². The lowest BCUT2D eigenvalue weighted by atomic mass is 10.0. The molecule has 0 atom stereocenters. The zero-order chi connectivity index (χ0) is 12.3. The average Bonchev–Trinajstić information content (AvgIpc) is 2.38. The van der Waals surface area contributed by atoms with Crippen molar-refractivity contribution in [3.05, 3.63) is 41.5 Å². The van der Waals surface area contributed by atoms with Gasteiger partial charge in [-0.25, -0.2) is 0 Å². The van der Waals surface area contributed by atoms with Crippen LogP contribution in [0.15, 0.2) is 35.9 Å². The first-order valence-corrected chi connectivity index (χ1v) is 6.57. The van der Waals surface area contributed by atoms with E-state index in [0.29, 0.717) is 0 Å². The quantitative estimate of drug-likeness (QED) is 0.361. The molecule has 1 nitrogen and oxygen atoms in total. The molecule has 17 heavy (non-hydrogen) atoms. The van der Waals surface area contributed by atoms with Crippen molar-refractivity contribution in [2.45, 2.75) is 45.4 Å². The molecule has 0 aliphatic heterocycles. The fourth-order valence-electron chi connectivity index (χ4n) is 1.86. The van der Waals surface area contributed by atoms with Gasteiger partial charge in [0.25, 0.3) is 0 Å². The Labute approximate surface area is 105 Å². The van der Waals surface area contributed by atoms with Gasteiger partial charge in [0.15, 0.2) is 0 Å². The molecule has 0 heterocycles. The number of allylic oxidation sites excluding steroid dienone is 1. The smallest absolute Gasteiger partial charge is 0.146 e. The lowest BCUT2D eigenvalue weighted by Gasteiger charge is -2.01. The van der Waals surface area contributed by atoms with E-state index in [4.69, 9.17) is 0 Å². The monoisotopic (exact) mass is 230 g/mol. The molecule has 0 aliphatic rings. The predicted octanol–water partition coefficient (Wildman–Crippen LogP) is 4.63. The van der Waals surface area contributed by atoms with E-state index in [0.717, 1.165) is 30.3 Å². The largest absolute Gasteiger partial charge is 0.298 e. The fourth-order valence-corrected chi connectivity index (χ4v) is 1.86. The van der Waals surface area contributed by atoms with Gasteiger partial charge in [0.05, 0.1) is 0 Å². The number of carbonyl (C=O) groups is 1. The summed E-state index contributed by atoms with van der Waals surface area (Å²) in [4.78, 5) is 11.0. The molecule has 1 aromatic carbocycles. The Morgan fingerprint density at radius 2 is 1.76 bits per heavy atom. The van der Waals surface area contributed by atoms with Gasteiger partial charge < -0.3 is 0 Å². The van der Waals surface area contributed by atoms with Gasteiger partial charge >= 0.3 is 0 Å². The molecule has 0 saturated carbocycles. The van der Waals surface area contributed by atoms with Gasteiger partial charge in [0.1, 0.15) is 6.29 Å². The Hall–Kier alpha value is -1.37. The minimum Gasteiger partial charge on any atom is -0.298 e. The Bertz CT molecular complexity index is 338. The Kier molecular flexibility index (Phi) is 7.04. The molecule has 0 saturated heterocycles. The van der Waals surface area contributed by atoms with Crippen molar-refractivity contribution in [1.82, 2.24) is 0 Å². The highest BCUT2D eigenvalue weighted by Crippen LogP contribution is 2.13. The molecule has 0 aromatic heterocycles. The van der Waals surface area contributed by atoms with Crippen LogP contribution >= 0.6 is 0 Å². The van der Waals surface area contributed by atoms with Gasteiger partial charge in [-0.2, -0.15) is 0 Å². The minimum absolute atomic E-state index is 0.905. The average molecular weight is 230 g/mol. The molecule has 0 N–H and O–H groups in total. The van der Waals surface area contributed by atoms with Crippen LogP contribution in [0.4, 0.5) is 0 Å². The second-order valence-corrected chi connectivity index (χ2v) is 4.41. The molecular weight excluding hydrogens is 208 g/mol. The molecule has 0 fully saturated rings. The number of hydrogen-bond donors (Lipinski definition) is 0. The van der Waals surface area contributed by atoms with Crippen LogP contribution in [0.3, 0.4) is 0 Å². The van der Waals surface area contributed by atoms with Crippen molar-refractivity contribution in [2.75, 3.05) is 0 Å². The van der Waals surface area contributed by atoms with Gasteiger partial charge in [-0.05, 0) is 30.1 Å². The maximum atomic E-state index is 11.0. The first-order valence-electron chi connectivity index (χ1n) is 6.57. The summed E-state index contributed by atoms with van der Waals surface area (Å²) < 4.78 is 0. The number of aldehydes is 1. The molecule has 0 aliphatic carbocycles. The van der Waals surface area contributed by atoms with Crippen LogP contribution in [0, 0.1) is 0 Å². The highest BCUT2D eigenvalue weighted by molar-refractivity contribution is 5.81. The van der Waals surface area contributed by atoms with E-state index in [9.17, 15) is 4.79 Å². The third-order valence-corrected chi connectivity index (χ3v) is 2.87. The molecule has 0 unspecified atom stereocenters. The minimum atomic E-state index is 0.905. The lowest BCUT2D eigenvalue weighted by molar-refractivity contribution is -0.105. The van der Waals surface area contributed by atoms with Crippen molar-refractivity contribution in [2.24, 2.45) is 0 Å². The van der Waals surface area contributed by atoms with Crippen LogP contribution in [0.5, 0.6) is 0 Å². The van der Waals surface area contributed by atoms with Crippen LogP contribution in [0.25, 0.3) is 6.08 Å². The van der Waals surface area contributed by atoms with Gasteiger partial charge in [0.2, 0.25) is 0 Å². The molecule has 0 radical (unpaired) electrons. The van der Waals surface area contributed by atoms with Crippen molar-refractivity contribution in [3.8, 4) is 0 Å². The van der Waals surface area contributed by atoms with Crippen molar-refractivity contribution in [3.63, 3.8) is 0 Å². The maximum absolute atomic E-state index is 11.0. The fraction of sp³-hybridized carbons (Fsp3) is 0.438. The molecule has 0 bridgehead atoms. The number of unbranched alkanes of at least 4 members (excludes halogenated alkanes) is 4. The van der Waals surface area contributed by atoms with Crippen LogP contribution in [-0.2, 0) is 4.79 Å². The first kappa shape index (κ1) is 13.7. The number of benzene rings is 1. The number of hydrogen-bond acceptors (Lipinski definition) is 1. The van der Waals surface area contributed by atoms with E-state index in [1.54, 1.807) is 0 Å². The third kappa shape index (κ3) is 6.06. The van der Waals surface area contributed by atoms with Gasteiger partial charge in [0, 0.05) is 0 Å². The molecule has 1 rings (SSSR count). The second kappa shape index (κ2) is 8.74. The van der Waals surface area contributed by atoms with E-state index < -0.39 is 0 Å². The second-order valence-electron chi connectivity index (χ2n) is 4.41. The zero-order valence-electron chi connectivity index (χ0n) is 10.7. The number of rotatable bonds is 8. The van der Waals surface area contributed by atoms with Crippen molar-refractivity contribution in [1.29, 1.82) is 0 Å². The summed E-state index contributed by atoms with van der Waals surface area (Å²) in [5.41, 5.74) is 2.02. The summed E-state index contributed by atoms with van der Waals surface area (Å²) in [5.74, 6) is 0. The summed E-state index contributed by atoms with van der Waals surface area (Å²) in [6.07, 6.45) is 10.1. The molecular formula is C16H22O. The Morgan fingerprint density at radius 3 is 2.41 bits per heavy atom. The van der Waals surface area contributed by atoms with Gasteiger partial charge in [-0.1, -0.05) is 62.9 Å². The van der Waals surface area contributed by atoms with Gasteiger partial charge in [-0.15, -0.1) is 0 Å². The molecule has 0 amide bonds.